The molecule has 204 valence electrons. The number of rotatable bonds is 8. The molecule has 0 aromatic heterocycles. The van der Waals surface area contributed by atoms with Crippen LogP contribution < -0.4 is 0 Å². The number of phenolic OH excluding ortho intramolecular Hbond substituents is 1. The minimum absolute atomic E-state index is 0.138. The second kappa shape index (κ2) is 11.8. The Morgan fingerprint density at radius 2 is 1.53 bits per heavy atom. The standard InChI is InChI=1S/C27H29ClO10/c1-16(29)34-15-27(37-19(4)32)26(35-17(2)30,36-18(3)31)12-11-25(38-27)21-7-10-24(28)22(14-21)13-20-5-8-23(33)9-6-20/h5-10,14,25,33H,11-13,15H2,1-4H3. The largest absolute Gasteiger partial charge is 0.508 e. The fraction of sp³-hybridized carbons (Fsp3) is 0.407. The van der Waals surface area contributed by atoms with Gasteiger partial charge < -0.3 is 28.8 Å². The molecule has 0 saturated carbocycles. The molecule has 2 atom stereocenters. The Morgan fingerprint density at radius 1 is 0.921 bits per heavy atom. The third-order valence-corrected chi connectivity index (χ3v) is 6.18. The molecule has 0 spiro atoms. The van der Waals surface area contributed by atoms with Crippen molar-refractivity contribution in [2.24, 2.45) is 0 Å². The first-order valence-electron chi connectivity index (χ1n) is 11.8. The average molecular weight is 549 g/mol. The summed E-state index contributed by atoms with van der Waals surface area (Å²) >= 11 is 6.45. The Hall–Kier alpha value is -3.63. The van der Waals surface area contributed by atoms with E-state index in [9.17, 15) is 24.3 Å². The Bertz CT molecular complexity index is 1190. The number of benzene rings is 2. The maximum absolute atomic E-state index is 12.2. The lowest BCUT2D eigenvalue weighted by Gasteiger charge is -2.50. The number of esters is 4. The van der Waals surface area contributed by atoms with Crippen LogP contribution in [-0.2, 0) is 49.3 Å². The van der Waals surface area contributed by atoms with Crippen LogP contribution in [0.25, 0.3) is 0 Å². The Kier molecular flexibility index (Phi) is 9.01. The van der Waals surface area contributed by atoms with Crippen molar-refractivity contribution < 1.29 is 48.0 Å². The zero-order chi connectivity index (χ0) is 28.1. The van der Waals surface area contributed by atoms with Gasteiger partial charge >= 0.3 is 35.5 Å². The topological polar surface area (TPSA) is 135 Å². The molecule has 0 radical (unpaired) electrons. The highest BCUT2D eigenvalue weighted by atomic mass is 35.5. The molecule has 1 aliphatic heterocycles. The quantitative estimate of drug-likeness (QED) is 0.291. The zero-order valence-electron chi connectivity index (χ0n) is 21.4. The van der Waals surface area contributed by atoms with Gasteiger partial charge in [0.15, 0.2) is 6.61 Å². The monoisotopic (exact) mass is 548 g/mol. The van der Waals surface area contributed by atoms with Crippen LogP contribution in [0.3, 0.4) is 0 Å². The van der Waals surface area contributed by atoms with Gasteiger partial charge in [-0.15, -0.1) is 0 Å². The van der Waals surface area contributed by atoms with Crippen molar-refractivity contribution in [1.29, 1.82) is 0 Å². The van der Waals surface area contributed by atoms with E-state index in [1.807, 2.05) is 6.07 Å². The number of hydrogen-bond acceptors (Lipinski definition) is 10. The second-order valence-corrected chi connectivity index (χ2v) is 9.31. The highest BCUT2D eigenvalue weighted by Crippen LogP contribution is 2.48. The molecule has 0 bridgehead atoms. The van der Waals surface area contributed by atoms with Crippen LogP contribution >= 0.6 is 11.6 Å². The van der Waals surface area contributed by atoms with Crippen molar-refractivity contribution in [3.8, 4) is 5.75 Å². The maximum Gasteiger partial charge on any atom is 0.326 e. The molecule has 1 aliphatic rings. The predicted octanol–water partition coefficient (Wildman–Crippen LogP) is 4.13. The smallest absolute Gasteiger partial charge is 0.326 e. The third-order valence-electron chi connectivity index (χ3n) is 5.81. The summed E-state index contributed by atoms with van der Waals surface area (Å²) in [6.07, 6.45) is -0.280. The molecular formula is C27H29ClO10. The molecule has 11 heteroatoms. The Morgan fingerprint density at radius 3 is 2.08 bits per heavy atom. The van der Waals surface area contributed by atoms with Gasteiger partial charge in [0.2, 0.25) is 0 Å². The molecule has 1 saturated heterocycles. The molecule has 2 aromatic rings. The summed E-state index contributed by atoms with van der Waals surface area (Å²) in [6, 6.07) is 11.9. The van der Waals surface area contributed by atoms with E-state index in [1.165, 1.54) is 0 Å². The summed E-state index contributed by atoms with van der Waals surface area (Å²) in [6.45, 7) is 3.70. The lowest BCUT2D eigenvalue weighted by molar-refractivity contribution is -0.413. The Balaban J connectivity index is 2.05. The van der Waals surface area contributed by atoms with E-state index in [0.717, 1.165) is 38.8 Å². The molecule has 10 nitrogen and oxygen atoms in total. The van der Waals surface area contributed by atoms with E-state index in [2.05, 4.69) is 0 Å². The van der Waals surface area contributed by atoms with Gasteiger partial charge in [0.1, 0.15) is 5.75 Å². The number of aromatic hydroxyl groups is 1. The number of ether oxygens (including phenoxy) is 5. The second-order valence-electron chi connectivity index (χ2n) is 8.91. The summed E-state index contributed by atoms with van der Waals surface area (Å²) in [5, 5.41) is 10.1. The van der Waals surface area contributed by atoms with E-state index in [4.69, 9.17) is 35.3 Å². The van der Waals surface area contributed by atoms with Crippen molar-refractivity contribution in [2.45, 2.75) is 64.6 Å². The predicted molar refractivity (Wildman–Crippen MR) is 133 cm³/mol. The molecule has 0 aliphatic carbocycles. The fourth-order valence-corrected chi connectivity index (χ4v) is 4.52. The first-order chi connectivity index (χ1) is 17.8. The van der Waals surface area contributed by atoms with Crippen LogP contribution in [0.5, 0.6) is 5.75 Å². The molecule has 2 aromatic carbocycles. The van der Waals surface area contributed by atoms with Crippen molar-refractivity contribution >= 4 is 35.5 Å². The Labute approximate surface area is 224 Å². The van der Waals surface area contributed by atoms with Gasteiger partial charge in [0.05, 0.1) is 6.10 Å². The van der Waals surface area contributed by atoms with Crippen molar-refractivity contribution in [3.05, 3.63) is 64.2 Å². The van der Waals surface area contributed by atoms with Gasteiger partial charge in [0, 0.05) is 39.1 Å². The molecule has 1 N–H and O–H groups in total. The number of carbonyl (C=O) groups is 4. The minimum atomic E-state index is -2.30. The van der Waals surface area contributed by atoms with E-state index in [1.54, 1.807) is 36.4 Å². The third kappa shape index (κ3) is 6.81. The highest BCUT2D eigenvalue weighted by molar-refractivity contribution is 6.31. The van der Waals surface area contributed by atoms with Gasteiger partial charge in [-0.1, -0.05) is 35.9 Å². The van der Waals surface area contributed by atoms with E-state index >= 15 is 0 Å². The van der Waals surface area contributed by atoms with E-state index in [-0.39, 0.29) is 18.6 Å². The normalized spacial score (nSPS) is 20.2. The molecule has 1 fully saturated rings. The van der Waals surface area contributed by atoms with E-state index < -0.39 is 48.2 Å². The summed E-state index contributed by atoms with van der Waals surface area (Å²) in [5.74, 6) is -7.64. The first-order valence-corrected chi connectivity index (χ1v) is 12.2. The summed E-state index contributed by atoms with van der Waals surface area (Å²) < 4.78 is 27.8. The molecule has 3 rings (SSSR count). The highest BCUT2D eigenvalue weighted by Gasteiger charge is 2.66. The number of phenols is 1. The average Bonchev–Trinajstić information content (AvgIpc) is 2.81. The van der Waals surface area contributed by atoms with Crippen LogP contribution in [0.1, 0.15) is 63.3 Å². The summed E-state index contributed by atoms with van der Waals surface area (Å²) in [7, 11) is 0. The lowest BCUT2D eigenvalue weighted by atomic mass is 9.89. The molecule has 0 amide bonds. The lowest BCUT2D eigenvalue weighted by Crippen LogP contribution is -2.67. The zero-order valence-corrected chi connectivity index (χ0v) is 22.2. The van der Waals surface area contributed by atoms with Gasteiger partial charge in [-0.2, -0.15) is 0 Å². The SMILES string of the molecule is CC(=O)OCC1(OC(C)=O)OC(c2ccc(Cl)c(Cc3ccc(O)cc3)c2)CCC1(OC(C)=O)OC(C)=O. The number of carbonyl (C=O) groups excluding carboxylic acids is 4. The molecule has 1 heterocycles. The minimum Gasteiger partial charge on any atom is -0.508 e. The van der Waals surface area contributed by atoms with Gasteiger partial charge in [0.25, 0.3) is 0 Å². The maximum atomic E-state index is 12.2. The van der Waals surface area contributed by atoms with Crippen molar-refractivity contribution in [1.82, 2.24) is 0 Å². The van der Waals surface area contributed by atoms with Gasteiger partial charge in [-0.3, -0.25) is 19.2 Å². The number of hydrogen-bond donors (Lipinski definition) is 1. The number of halogens is 1. The van der Waals surface area contributed by atoms with Crippen LogP contribution in [0, 0.1) is 0 Å². The van der Waals surface area contributed by atoms with Crippen molar-refractivity contribution in [3.63, 3.8) is 0 Å². The first kappa shape index (κ1) is 28.9. The molecule has 38 heavy (non-hydrogen) atoms. The van der Waals surface area contributed by atoms with Crippen LogP contribution in [0.4, 0.5) is 0 Å². The summed E-state index contributed by atoms with van der Waals surface area (Å²) in [4.78, 5) is 48.1. The van der Waals surface area contributed by atoms with E-state index in [0.29, 0.717) is 17.0 Å². The van der Waals surface area contributed by atoms with Gasteiger partial charge in [-0.25, -0.2) is 0 Å². The van der Waals surface area contributed by atoms with Crippen LogP contribution in [-0.4, -0.2) is 47.2 Å². The molecule has 2 unspecified atom stereocenters. The summed E-state index contributed by atoms with van der Waals surface area (Å²) in [5.41, 5.74) is 2.30. The molecular weight excluding hydrogens is 520 g/mol. The van der Waals surface area contributed by atoms with Crippen molar-refractivity contribution in [2.75, 3.05) is 6.61 Å². The van der Waals surface area contributed by atoms with Crippen LogP contribution in [0.15, 0.2) is 42.5 Å². The fourth-order valence-electron chi connectivity index (χ4n) is 4.34. The van der Waals surface area contributed by atoms with Gasteiger partial charge in [-0.05, 0) is 47.7 Å². The van der Waals surface area contributed by atoms with Crippen LogP contribution in [0.2, 0.25) is 5.02 Å².